The van der Waals surface area contributed by atoms with Crippen LogP contribution in [-0.2, 0) is 26.0 Å². The molecule has 0 saturated heterocycles. The average molecular weight is 521 g/mol. The van der Waals surface area contributed by atoms with Gasteiger partial charge in [-0.25, -0.2) is 8.42 Å². The van der Waals surface area contributed by atoms with Crippen molar-refractivity contribution in [1.29, 1.82) is 0 Å². The predicted octanol–water partition coefficient (Wildman–Crippen LogP) is 4.12. The van der Waals surface area contributed by atoms with Crippen LogP contribution in [0.1, 0.15) is 38.7 Å². The number of nitrogens with one attached hydrogen (secondary N) is 3. The molecular formula is C28H32N4O4S. The number of amides is 1. The zero-order valence-corrected chi connectivity index (χ0v) is 21.8. The smallest absolute Gasteiger partial charge is 0.243 e. The number of H-pyrrole nitrogens is 1. The van der Waals surface area contributed by atoms with Gasteiger partial charge in [-0.3, -0.25) is 9.78 Å². The maximum Gasteiger partial charge on any atom is 0.243 e. The van der Waals surface area contributed by atoms with Crippen LogP contribution in [0.4, 0.5) is 0 Å². The fraction of sp³-hybridized carbons (Fsp3) is 0.321. The highest BCUT2D eigenvalue weighted by molar-refractivity contribution is 7.89. The van der Waals surface area contributed by atoms with E-state index in [0.29, 0.717) is 30.2 Å². The van der Waals surface area contributed by atoms with Crippen molar-refractivity contribution in [2.24, 2.45) is 5.92 Å². The van der Waals surface area contributed by atoms with Gasteiger partial charge in [-0.15, -0.1) is 0 Å². The van der Waals surface area contributed by atoms with Crippen LogP contribution in [-0.4, -0.2) is 42.7 Å². The molecule has 2 aromatic heterocycles. The number of hydrogen-bond acceptors (Lipinski definition) is 5. The summed E-state index contributed by atoms with van der Waals surface area (Å²) in [5.74, 6) is -0.681. The number of hydrogen-bond donors (Lipinski definition) is 3. The fourth-order valence-electron chi connectivity index (χ4n) is 4.54. The molecule has 8 nitrogen and oxygen atoms in total. The molecule has 0 saturated carbocycles. The summed E-state index contributed by atoms with van der Waals surface area (Å²) in [4.78, 5) is 32.2. The van der Waals surface area contributed by atoms with E-state index in [-0.39, 0.29) is 23.3 Å². The van der Waals surface area contributed by atoms with E-state index in [9.17, 15) is 18.0 Å². The van der Waals surface area contributed by atoms with Crippen LogP contribution >= 0.6 is 0 Å². The molecule has 0 aliphatic rings. The Morgan fingerprint density at radius 1 is 1.11 bits per heavy atom. The van der Waals surface area contributed by atoms with E-state index in [0.717, 1.165) is 22.8 Å². The Balaban J connectivity index is 1.58. The lowest BCUT2D eigenvalue weighted by atomic mass is 9.97. The van der Waals surface area contributed by atoms with Crippen LogP contribution in [0.25, 0.3) is 21.8 Å². The number of aromatic nitrogens is 2. The van der Waals surface area contributed by atoms with Crippen LogP contribution in [0.15, 0.2) is 71.9 Å². The van der Waals surface area contributed by atoms with Gasteiger partial charge in [0.2, 0.25) is 15.9 Å². The zero-order chi connectivity index (χ0) is 26.4. The number of carbonyl (C=O) groups excluding carboxylic acids is 2. The lowest BCUT2D eigenvalue weighted by molar-refractivity contribution is -0.124. The number of sulfonamides is 1. The molecule has 3 N–H and O–H groups in total. The standard InChI is InChI=1S/C28H32N4O4S/c1-3-19(2)26(32-37(35,36)25-14-6-9-20-10-7-15-29-27(20)25)28(34)31-22(11-8-16-33)17-21-18-30-24-13-5-4-12-23(21)24/h4-7,9-10,12-16,18-19,22,26,30,32H,3,8,11,17H2,1-2H3,(H,31,34)/t19-,22+,26-/m0/s1. The van der Waals surface area contributed by atoms with Crippen LogP contribution in [0.3, 0.4) is 0 Å². The minimum atomic E-state index is -4.05. The van der Waals surface area contributed by atoms with Gasteiger partial charge in [0.25, 0.3) is 0 Å². The molecule has 37 heavy (non-hydrogen) atoms. The van der Waals surface area contributed by atoms with Gasteiger partial charge in [0.1, 0.15) is 17.2 Å². The molecule has 4 rings (SSSR count). The molecule has 0 aliphatic carbocycles. The van der Waals surface area contributed by atoms with Gasteiger partial charge in [-0.05, 0) is 42.5 Å². The number of benzene rings is 2. The molecule has 194 valence electrons. The Hall–Kier alpha value is -3.56. The van der Waals surface area contributed by atoms with Gasteiger partial charge in [0.05, 0.1) is 5.52 Å². The topological polar surface area (TPSA) is 121 Å². The summed E-state index contributed by atoms with van der Waals surface area (Å²) in [7, 11) is -4.05. The number of aromatic amines is 1. The second-order valence-corrected chi connectivity index (χ2v) is 11.0. The Bertz CT molecular complexity index is 1490. The third-order valence-corrected chi connectivity index (χ3v) is 8.26. The summed E-state index contributed by atoms with van der Waals surface area (Å²) in [6.07, 6.45) is 6.12. The summed E-state index contributed by atoms with van der Waals surface area (Å²) in [6, 6.07) is 15.0. The number of rotatable bonds is 12. The number of aldehydes is 1. The summed E-state index contributed by atoms with van der Waals surface area (Å²) in [6.45, 7) is 3.75. The van der Waals surface area contributed by atoms with Gasteiger partial charge < -0.3 is 15.1 Å². The molecule has 4 aromatic rings. The second-order valence-electron chi connectivity index (χ2n) is 9.33. The average Bonchev–Trinajstić information content (AvgIpc) is 3.32. The van der Waals surface area contributed by atoms with Crippen LogP contribution < -0.4 is 10.0 Å². The van der Waals surface area contributed by atoms with Gasteiger partial charge in [-0.2, -0.15) is 4.72 Å². The van der Waals surface area contributed by atoms with E-state index in [1.807, 2.05) is 44.3 Å². The lowest BCUT2D eigenvalue weighted by Crippen LogP contribution is -2.52. The quantitative estimate of drug-likeness (QED) is 0.243. The normalized spacial score (nSPS) is 14.3. The monoisotopic (exact) mass is 520 g/mol. The van der Waals surface area contributed by atoms with Gasteiger partial charge in [0, 0.05) is 41.1 Å². The van der Waals surface area contributed by atoms with Crippen molar-refractivity contribution in [2.75, 3.05) is 0 Å². The first kappa shape index (κ1) is 26.5. The van der Waals surface area contributed by atoms with Gasteiger partial charge in [0.15, 0.2) is 0 Å². The van der Waals surface area contributed by atoms with Crippen molar-refractivity contribution in [3.8, 4) is 0 Å². The van der Waals surface area contributed by atoms with E-state index in [1.54, 1.807) is 30.5 Å². The molecular weight excluding hydrogens is 488 g/mol. The van der Waals surface area contributed by atoms with E-state index >= 15 is 0 Å². The Morgan fingerprint density at radius 2 is 1.89 bits per heavy atom. The fourth-order valence-corrected chi connectivity index (χ4v) is 6.02. The van der Waals surface area contributed by atoms with Crippen molar-refractivity contribution in [1.82, 2.24) is 20.0 Å². The number of carbonyl (C=O) groups is 2. The molecule has 3 atom stereocenters. The maximum absolute atomic E-state index is 13.5. The Labute approximate surface area is 216 Å². The molecule has 0 aliphatic heterocycles. The van der Waals surface area contributed by atoms with Crippen molar-refractivity contribution < 1.29 is 18.0 Å². The first-order valence-corrected chi connectivity index (χ1v) is 14.0. The molecule has 0 bridgehead atoms. The van der Waals surface area contributed by atoms with Crippen molar-refractivity contribution in [3.05, 3.63) is 72.6 Å². The van der Waals surface area contributed by atoms with E-state index in [2.05, 4.69) is 20.0 Å². The Morgan fingerprint density at radius 3 is 2.68 bits per heavy atom. The summed E-state index contributed by atoms with van der Waals surface area (Å²) in [5, 5.41) is 4.78. The first-order chi connectivity index (χ1) is 17.8. The van der Waals surface area contributed by atoms with E-state index < -0.39 is 22.0 Å². The van der Waals surface area contributed by atoms with Gasteiger partial charge >= 0.3 is 0 Å². The van der Waals surface area contributed by atoms with Crippen molar-refractivity contribution in [2.45, 2.75) is 56.5 Å². The van der Waals surface area contributed by atoms with Gasteiger partial charge in [-0.1, -0.05) is 56.7 Å². The first-order valence-electron chi connectivity index (χ1n) is 12.5. The zero-order valence-electron chi connectivity index (χ0n) is 21.0. The molecule has 0 spiro atoms. The summed E-state index contributed by atoms with van der Waals surface area (Å²) >= 11 is 0. The van der Waals surface area contributed by atoms with Crippen LogP contribution in [0.2, 0.25) is 0 Å². The Kier molecular flexibility index (Phi) is 8.35. The number of pyridine rings is 1. The molecule has 9 heteroatoms. The molecule has 0 unspecified atom stereocenters. The minimum Gasteiger partial charge on any atom is -0.361 e. The molecule has 2 aromatic carbocycles. The third-order valence-electron chi connectivity index (χ3n) is 6.78. The van der Waals surface area contributed by atoms with E-state index in [1.165, 1.54) is 6.07 Å². The van der Waals surface area contributed by atoms with E-state index in [4.69, 9.17) is 0 Å². The minimum absolute atomic E-state index is 0.0306. The highest BCUT2D eigenvalue weighted by Gasteiger charge is 2.32. The number of fused-ring (bicyclic) bond motifs is 2. The largest absolute Gasteiger partial charge is 0.361 e. The third kappa shape index (κ3) is 6.06. The predicted molar refractivity (Wildman–Crippen MR) is 145 cm³/mol. The van der Waals surface area contributed by atoms with Crippen LogP contribution in [0, 0.1) is 5.92 Å². The molecule has 1 amide bonds. The SMILES string of the molecule is CC[C@H](C)[C@H](NS(=O)(=O)c1cccc2cccnc12)C(=O)N[C@H](CCC=O)Cc1c[nH]c2ccccc12. The number of para-hydroxylation sites is 2. The van der Waals surface area contributed by atoms with Crippen molar-refractivity contribution >= 4 is 44.0 Å². The lowest BCUT2D eigenvalue weighted by Gasteiger charge is -2.26. The second kappa shape index (κ2) is 11.7. The maximum atomic E-state index is 13.5. The highest BCUT2D eigenvalue weighted by Crippen LogP contribution is 2.23. The number of nitrogens with zero attached hydrogens (tertiary/aromatic N) is 1. The van der Waals surface area contributed by atoms with Crippen molar-refractivity contribution in [3.63, 3.8) is 0 Å². The van der Waals surface area contributed by atoms with Crippen LogP contribution in [0.5, 0.6) is 0 Å². The molecule has 0 radical (unpaired) electrons. The summed E-state index contributed by atoms with van der Waals surface area (Å²) < 4.78 is 29.6. The molecule has 0 fully saturated rings. The highest BCUT2D eigenvalue weighted by atomic mass is 32.2. The summed E-state index contributed by atoms with van der Waals surface area (Å²) in [5.41, 5.74) is 2.37. The molecule has 2 heterocycles.